The smallest absolute Gasteiger partial charge is 0.234 e. The number of nitrogens with one attached hydrogen (secondary N) is 2. The molecule has 3 heteroatoms. The molecule has 1 atom stereocenters. The van der Waals surface area contributed by atoms with E-state index in [1.807, 2.05) is 27.7 Å². The van der Waals surface area contributed by atoms with Crippen LogP contribution in [0.1, 0.15) is 34.1 Å². The number of carbonyl (C=O) groups excluding carboxylic acids is 1. The lowest BCUT2D eigenvalue weighted by Gasteiger charge is -2.21. The third-order valence-electron chi connectivity index (χ3n) is 1.63. The molecule has 0 bridgehead atoms. The number of carbonyl (C=O) groups is 1. The molecule has 1 amide bonds. The van der Waals surface area contributed by atoms with Gasteiger partial charge >= 0.3 is 0 Å². The zero-order chi connectivity index (χ0) is 11.2. The molecule has 1 unspecified atom stereocenters. The van der Waals surface area contributed by atoms with Crippen molar-refractivity contribution < 1.29 is 4.79 Å². The molecule has 2 N–H and O–H groups in total. The molecule has 14 heavy (non-hydrogen) atoms. The van der Waals surface area contributed by atoms with Crippen molar-refractivity contribution in [1.82, 2.24) is 10.6 Å². The summed E-state index contributed by atoms with van der Waals surface area (Å²) in [6.07, 6.45) is 6.09. The summed E-state index contributed by atoms with van der Waals surface area (Å²) in [6.45, 7) is 8.11. The van der Waals surface area contributed by atoms with Gasteiger partial charge in [0.1, 0.15) is 0 Å². The lowest BCUT2D eigenvalue weighted by atomic mass is 10.1. The van der Waals surface area contributed by atoms with Crippen molar-refractivity contribution in [2.75, 3.05) is 6.54 Å². The molecule has 0 saturated carbocycles. The molecule has 80 valence electrons. The van der Waals surface area contributed by atoms with Crippen LogP contribution in [0.2, 0.25) is 0 Å². The maximum atomic E-state index is 11.4. The van der Waals surface area contributed by atoms with Crippen molar-refractivity contribution in [3.05, 3.63) is 0 Å². The Kier molecular flexibility index (Phi) is 5.26. The summed E-state index contributed by atoms with van der Waals surface area (Å²) in [5.41, 5.74) is -0.184. The molecule has 0 saturated heterocycles. The molecule has 3 nitrogen and oxygen atoms in total. The van der Waals surface area contributed by atoms with Gasteiger partial charge in [0.2, 0.25) is 5.91 Å². The minimum Gasteiger partial charge on any atom is -0.350 e. The Morgan fingerprint density at radius 3 is 2.43 bits per heavy atom. The van der Waals surface area contributed by atoms with E-state index in [1.54, 1.807) is 0 Å². The highest BCUT2D eigenvalue weighted by atomic mass is 16.2. The Morgan fingerprint density at radius 2 is 2.07 bits per heavy atom. The third kappa shape index (κ3) is 6.50. The van der Waals surface area contributed by atoms with Crippen LogP contribution in [0.3, 0.4) is 0 Å². The van der Waals surface area contributed by atoms with Crippen molar-refractivity contribution in [2.24, 2.45) is 0 Å². The van der Waals surface area contributed by atoms with Crippen molar-refractivity contribution in [2.45, 2.75) is 45.7 Å². The molecular formula is C11H20N2O. The fraction of sp³-hybridized carbons (Fsp3) is 0.727. The number of hydrogen-bond donors (Lipinski definition) is 2. The quantitative estimate of drug-likeness (QED) is 0.656. The summed E-state index contributed by atoms with van der Waals surface area (Å²) in [5.74, 6) is 2.56. The van der Waals surface area contributed by atoms with Gasteiger partial charge in [0, 0.05) is 5.54 Å². The van der Waals surface area contributed by atoms with E-state index in [0.717, 1.165) is 6.42 Å². The number of terminal acetylenes is 1. The van der Waals surface area contributed by atoms with Gasteiger partial charge in [-0.25, -0.2) is 0 Å². The zero-order valence-corrected chi connectivity index (χ0v) is 9.48. The van der Waals surface area contributed by atoms with Gasteiger partial charge in [-0.2, -0.15) is 0 Å². The molecule has 0 rings (SSSR count). The summed E-state index contributed by atoms with van der Waals surface area (Å²) >= 11 is 0. The van der Waals surface area contributed by atoms with E-state index in [1.165, 1.54) is 0 Å². The van der Waals surface area contributed by atoms with E-state index in [-0.39, 0.29) is 24.0 Å². The minimum atomic E-state index is -0.184. The molecule has 0 aliphatic rings. The van der Waals surface area contributed by atoms with Gasteiger partial charge in [0.25, 0.3) is 0 Å². The van der Waals surface area contributed by atoms with E-state index in [4.69, 9.17) is 6.42 Å². The monoisotopic (exact) mass is 196 g/mol. The van der Waals surface area contributed by atoms with Crippen molar-refractivity contribution in [3.8, 4) is 12.3 Å². The Morgan fingerprint density at radius 1 is 1.50 bits per heavy atom. The van der Waals surface area contributed by atoms with Crippen LogP contribution < -0.4 is 10.6 Å². The fourth-order valence-electron chi connectivity index (χ4n) is 0.999. The molecule has 0 aliphatic heterocycles. The largest absolute Gasteiger partial charge is 0.350 e. The van der Waals surface area contributed by atoms with Crippen LogP contribution in [-0.4, -0.2) is 24.0 Å². The van der Waals surface area contributed by atoms with Crippen LogP contribution in [0.5, 0.6) is 0 Å². The van der Waals surface area contributed by atoms with Crippen LogP contribution in [0.4, 0.5) is 0 Å². The molecule has 0 spiro atoms. The maximum Gasteiger partial charge on any atom is 0.234 e. The molecule has 0 aliphatic carbocycles. The second kappa shape index (κ2) is 5.66. The predicted octanol–water partition coefficient (Wildman–Crippen LogP) is 0.902. The Hall–Kier alpha value is -1.01. The summed E-state index contributed by atoms with van der Waals surface area (Å²) in [4.78, 5) is 11.4. The van der Waals surface area contributed by atoms with Crippen LogP contribution in [0.25, 0.3) is 0 Å². The summed E-state index contributed by atoms with van der Waals surface area (Å²) in [6, 6.07) is -0.0132. The van der Waals surface area contributed by atoms with Crippen LogP contribution in [-0.2, 0) is 4.79 Å². The van der Waals surface area contributed by atoms with E-state index in [9.17, 15) is 4.79 Å². The Bertz CT molecular complexity index is 222. The lowest BCUT2D eigenvalue weighted by molar-refractivity contribution is -0.121. The van der Waals surface area contributed by atoms with Crippen molar-refractivity contribution in [3.63, 3.8) is 0 Å². The highest BCUT2D eigenvalue weighted by Gasteiger charge is 2.13. The molecule has 0 heterocycles. The molecule has 0 aromatic carbocycles. The lowest BCUT2D eigenvalue weighted by Crippen LogP contribution is -2.46. The van der Waals surface area contributed by atoms with Gasteiger partial charge in [0.15, 0.2) is 0 Å². The molecule has 0 aromatic rings. The Labute approximate surface area is 86.6 Å². The average Bonchev–Trinajstić information content (AvgIpc) is 2.03. The summed E-state index contributed by atoms with van der Waals surface area (Å²) < 4.78 is 0. The van der Waals surface area contributed by atoms with Gasteiger partial charge < -0.3 is 5.32 Å². The first kappa shape index (κ1) is 13.0. The van der Waals surface area contributed by atoms with Crippen LogP contribution >= 0.6 is 0 Å². The molecular weight excluding hydrogens is 176 g/mol. The summed E-state index contributed by atoms with van der Waals surface area (Å²) in [7, 11) is 0. The maximum absolute atomic E-state index is 11.4. The minimum absolute atomic E-state index is 0.0132. The average molecular weight is 196 g/mol. The van der Waals surface area contributed by atoms with Gasteiger partial charge in [-0.3, -0.25) is 10.1 Å². The van der Waals surface area contributed by atoms with E-state index in [0.29, 0.717) is 0 Å². The SMILES string of the molecule is C#CC(CC)NCC(=O)NC(C)(C)C. The second-order valence-electron chi connectivity index (χ2n) is 4.31. The standard InChI is InChI=1S/C11H20N2O/c1-6-9(7-2)12-8-10(14)13-11(3,4)5/h1,9,12H,7-8H2,2-5H3,(H,13,14). The number of rotatable bonds is 4. The fourth-order valence-corrected chi connectivity index (χ4v) is 0.999. The van der Waals surface area contributed by atoms with Crippen molar-refractivity contribution in [1.29, 1.82) is 0 Å². The topological polar surface area (TPSA) is 41.1 Å². The third-order valence-corrected chi connectivity index (χ3v) is 1.63. The molecule has 0 fully saturated rings. The van der Waals surface area contributed by atoms with E-state index >= 15 is 0 Å². The number of amides is 1. The van der Waals surface area contributed by atoms with E-state index < -0.39 is 0 Å². The van der Waals surface area contributed by atoms with Gasteiger partial charge in [-0.15, -0.1) is 6.42 Å². The first-order valence-electron chi connectivity index (χ1n) is 4.89. The van der Waals surface area contributed by atoms with Gasteiger partial charge in [-0.1, -0.05) is 12.8 Å². The van der Waals surface area contributed by atoms with Crippen molar-refractivity contribution >= 4 is 5.91 Å². The van der Waals surface area contributed by atoms with Gasteiger partial charge in [0.05, 0.1) is 12.6 Å². The summed E-state index contributed by atoms with van der Waals surface area (Å²) in [5, 5.41) is 5.85. The first-order valence-corrected chi connectivity index (χ1v) is 4.89. The zero-order valence-electron chi connectivity index (χ0n) is 9.48. The van der Waals surface area contributed by atoms with Crippen LogP contribution in [0, 0.1) is 12.3 Å². The molecule has 0 radical (unpaired) electrons. The highest BCUT2D eigenvalue weighted by Crippen LogP contribution is 1.97. The van der Waals surface area contributed by atoms with Crippen LogP contribution in [0.15, 0.2) is 0 Å². The number of hydrogen-bond acceptors (Lipinski definition) is 2. The first-order chi connectivity index (χ1) is 6.39. The Balaban J connectivity index is 3.81. The normalized spacial score (nSPS) is 13.1. The second-order valence-corrected chi connectivity index (χ2v) is 4.31. The molecule has 0 aromatic heterocycles. The predicted molar refractivity (Wildman–Crippen MR) is 58.8 cm³/mol. The highest BCUT2D eigenvalue weighted by molar-refractivity contribution is 5.78. The van der Waals surface area contributed by atoms with Gasteiger partial charge in [-0.05, 0) is 27.2 Å². The van der Waals surface area contributed by atoms with E-state index in [2.05, 4.69) is 16.6 Å².